The van der Waals surface area contributed by atoms with Crippen LogP contribution in [0.5, 0.6) is 0 Å². The molecule has 1 unspecified atom stereocenters. The molecule has 0 aliphatic heterocycles. The lowest BCUT2D eigenvalue weighted by Crippen LogP contribution is -2.35. The summed E-state index contributed by atoms with van der Waals surface area (Å²) in [4.78, 5) is 9.39. The van der Waals surface area contributed by atoms with Crippen molar-refractivity contribution in [2.45, 2.75) is 79.5 Å². The van der Waals surface area contributed by atoms with Crippen LogP contribution in [0.25, 0.3) is 0 Å². The Bertz CT molecular complexity index is 423. The molecule has 0 radical (unpaired) electrons. The zero-order chi connectivity index (χ0) is 16.0. The molecule has 0 spiro atoms. The monoisotopic (exact) mass is 293 g/mol. The molecule has 4 heteroatoms. The summed E-state index contributed by atoms with van der Waals surface area (Å²) >= 11 is 0. The summed E-state index contributed by atoms with van der Waals surface area (Å²) in [7, 11) is 0. The van der Waals surface area contributed by atoms with Crippen LogP contribution in [0.4, 0.5) is 0 Å². The summed E-state index contributed by atoms with van der Waals surface area (Å²) in [6.45, 7) is 16.3. The van der Waals surface area contributed by atoms with Crippen molar-refractivity contribution in [3.05, 3.63) is 22.8 Å². The van der Waals surface area contributed by atoms with Crippen LogP contribution in [0.2, 0.25) is 0 Å². The van der Waals surface area contributed by atoms with E-state index >= 15 is 0 Å². The van der Waals surface area contributed by atoms with Gasteiger partial charge in [-0.15, -0.1) is 0 Å². The second-order valence-electron chi connectivity index (χ2n) is 6.57. The lowest BCUT2D eigenvalue weighted by molar-refractivity contribution is 0.0491. The molecule has 0 bridgehead atoms. The summed E-state index contributed by atoms with van der Waals surface area (Å²) < 4.78 is 5.79. The minimum Gasteiger partial charge on any atom is -0.371 e. The number of aryl methyl sites for hydroxylation is 2. The van der Waals surface area contributed by atoms with E-state index in [0.717, 1.165) is 36.6 Å². The first-order valence-electron chi connectivity index (χ1n) is 7.99. The van der Waals surface area contributed by atoms with E-state index in [2.05, 4.69) is 46.9 Å². The van der Waals surface area contributed by atoms with Gasteiger partial charge in [0.05, 0.1) is 0 Å². The van der Waals surface area contributed by atoms with Crippen molar-refractivity contribution in [3.8, 4) is 0 Å². The van der Waals surface area contributed by atoms with Gasteiger partial charge in [0.2, 0.25) is 0 Å². The zero-order valence-electron chi connectivity index (χ0n) is 14.7. The average molecular weight is 293 g/mol. The van der Waals surface area contributed by atoms with E-state index in [1.165, 1.54) is 5.56 Å². The summed E-state index contributed by atoms with van der Waals surface area (Å²) in [5, 5.41) is 3.51. The molecule has 0 saturated carbocycles. The maximum Gasteiger partial charge on any atom is 0.157 e. The van der Waals surface area contributed by atoms with Gasteiger partial charge in [0.15, 0.2) is 5.82 Å². The highest BCUT2D eigenvalue weighted by molar-refractivity contribution is 5.25. The van der Waals surface area contributed by atoms with E-state index in [4.69, 9.17) is 14.7 Å². The number of nitrogens with zero attached hydrogens (tertiary/aromatic N) is 2. The quantitative estimate of drug-likeness (QED) is 0.829. The molecule has 0 saturated heterocycles. The predicted octanol–water partition coefficient (Wildman–Crippen LogP) is 3.86. The zero-order valence-corrected chi connectivity index (χ0v) is 14.7. The Morgan fingerprint density at radius 3 is 2.10 bits per heavy atom. The largest absolute Gasteiger partial charge is 0.371 e. The Morgan fingerprint density at radius 1 is 1.10 bits per heavy atom. The van der Waals surface area contributed by atoms with Gasteiger partial charge >= 0.3 is 0 Å². The van der Waals surface area contributed by atoms with Crippen molar-refractivity contribution in [3.63, 3.8) is 0 Å². The maximum atomic E-state index is 5.79. The number of hydrogen-bond acceptors (Lipinski definition) is 4. The lowest BCUT2D eigenvalue weighted by atomic mass is 10.1. The molecule has 120 valence electrons. The number of aromatic nitrogens is 2. The van der Waals surface area contributed by atoms with Gasteiger partial charge in [-0.2, -0.15) is 0 Å². The van der Waals surface area contributed by atoms with Crippen LogP contribution in [-0.2, 0) is 11.3 Å². The second-order valence-corrected chi connectivity index (χ2v) is 6.57. The minimum atomic E-state index is 0.0158. The van der Waals surface area contributed by atoms with Crippen LogP contribution in [-0.4, -0.2) is 22.1 Å². The van der Waals surface area contributed by atoms with E-state index in [-0.39, 0.29) is 11.6 Å². The SMILES string of the molecule is CCCC(OCC)c1nc(C)c(CNC(C)(C)C)c(C)n1. The number of hydrogen-bond donors (Lipinski definition) is 1. The second kappa shape index (κ2) is 7.85. The van der Waals surface area contributed by atoms with Gasteiger partial charge in [-0.05, 0) is 48.0 Å². The van der Waals surface area contributed by atoms with Gasteiger partial charge < -0.3 is 10.1 Å². The fraction of sp³-hybridized carbons (Fsp3) is 0.765. The van der Waals surface area contributed by atoms with E-state index in [1.807, 2.05) is 6.92 Å². The summed E-state index contributed by atoms with van der Waals surface area (Å²) in [5.74, 6) is 0.827. The van der Waals surface area contributed by atoms with Gasteiger partial charge in [-0.1, -0.05) is 13.3 Å². The molecule has 4 nitrogen and oxygen atoms in total. The van der Waals surface area contributed by atoms with Crippen molar-refractivity contribution in [1.82, 2.24) is 15.3 Å². The fourth-order valence-corrected chi connectivity index (χ4v) is 2.27. The molecule has 0 aromatic carbocycles. The summed E-state index contributed by atoms with van der Waals surface area (Å²) in [6.07, 6.45) is 2.05. The van der Waals surface area contributed by atoms with Crippen molar-refractivity contribution < 1.29 is 4.74 Å². The molecule has 1 atom stereocenters. The standard InChI is InChI=1S/C17H31N3O/c1-8-10-15(21-9-2)16-19-12(3)14(13(4)20-16)11-18-17(5,6)7/h15,18H,8-11H2,1-7H3. The molecule has 0 aliphatic rings. The van der Waals surface area contributed by atoms with Gasteiger partial charge in [-0.25, -0.2) is 9.97 Å². The molecular weight excluding hydrogens is 262 g/mol. The number of rotatable bonds is 7. The van der Waals surface area contributed by atoms with E-state index in [1.54, 1.807) is 0 Å². The maximum absolute atomic E-state index is 5.79. The molecule has 0 aliphatic carbocycles. The molecule has 0 fully saturated rings. The van der Waals surface area contributed by atoms with Gasteiger partial charge in [0.1, 0.15) is 6.10 Å². The lowest BCUT2D eigenvalue weighted by Gasteiger charge is -2.23. The Balaban J connectivity index is 2.97. The van der Waals surface area contributed by atoms with E-state index in [9.17, 15) is 0 Å². The van der Waals surface area contributed by atoms with Crippen molar-refractivity contribution in [2.75, 3.05) is 6.61 Å². The molecule has 0 amide bonds. The van der Waals surface area contributed by atoms with Gasteiger partial charge in [0, 0.05) is 35.6 Å². The molecule has 1 heterocycles. The smallest absolute Gasteiger partial charge is 0.157 e. The number of nitrogens with one attached hydrogen (secondary N) is 1. The predicted molar refractivity (Wildman–Crippen MR) is 87.4 cm³/mol. The molecule has 1 aromatic heterocycles. The molecule has 1 N–H and O–H groups in total. The fourth-order valence-electron chi connectivity index (χ4n) is 2.27. The molecular formula is C17H31N3O. The van der Waals surface area contributed by atoms with Crippen LogP contribution in [0.15, 0.2) is 0 Å². The summed E-state index contributed by atoms with van der Waals surface area (Å²) in [5.41, 5.74) is 3.39. The topological polar surface area (TPSA) is 47.0 Å². The third-order valence-electron chi connectivity index (χ3n) is 3.44. The van der Waals surface area contributed by atoms with E-state index in [0.29, 0.717) is 6.61 Å². The van der Waals surface area contributed by atoms with Gasteiger partial charge in [-0.3, -0.25) is 0 Å². The first kappa shape index (κ1) is 18.1. The third kappa shape index (κ3) is 5.71. The van der Waals surface area contributed by atoms with Crippen LogP contribution in [0.3, 0.4) is 0 Å². The van der Waals surface area contributed by atoms with Crippen molar-refractivity contribution in [1.29, 1.82) is 0 Å². The Morgan fingerprint density at radius 2 is 1.67 bits per heavy atom. The van der Waals surface area contributed by atoms with Crippen LogP contribution in [0, 0.1) is 13.8 Å². The minimum absolute atomic E-state index is 0.0158. The Labute approximate surface area is 129 Å². The Hall–Kier alpha value is -1.00. The van der Waals surface area contributed by atoms with Crippen LogP contribution in [0.1, 0.15) is 76.3 Å². The van der Waals surface area contributed by atoms with Crippen molar-refractivity contribution in [2.24, 2.45) is 0 Å². The first-order chi connectivity index (χ1) is 9.78. The van der Waals surface area contributed by atoms with Crippen molar-refractivity contribution >= 4 is 0 Å². The third-order valence-corrected chi connectivity index (χ3v) is 3.44. The first-order valence-corrected chi connectivity index (χ1v) is 7.99. The highest BCUT2D eigenvalue weighted by Gasteiger charge is 2.18. The normalized spacial score (nSPS) is 13.5. The highest BCUT2D eigenvalue weighted by Crippen LogP contribution is 2.22. The molecule has 21 heavy (non-hydrogen) atoms. The van der Waals surface area contributed by atoms with E-state index < -0.39 is 0 Å². The highest BCUT2D eigenvalue weighted by atomic mass is 16.5. The molecule has 1 aromatic rings. The number of ether oxygens (including phenoxy) is 1. The Kier molecular flexibility index (Phi) is 6.75. The van der Waals surface area contributed by atoms with Crippen LogP contribution >= 0.6 is 0 Å². The molecule has 1 rings (SSSR count). The van der Waals surface area contributed by atoms with Gasteiger partial charge in [0.25, 0.3) is 0 Å². The van der Waals surface area contributed by atoms with Crippen LogP contribution < -0.4 is 5.32 Å². The average Bonchev–Trinajstić information content (AvgIpc) is 2.36. The summed E-state index contributed by atoms with van der Waals surface area (Å²) in [6, 6.07) is 0.